The maximum absolute atomic E-state index is 12.6. The van der Waals surface area contributed by atoms with Gasteiger partial charge in [-0.2, -0.15) is 0 Å². The lowest BCUT2D eigenvalue weighted by Gasteiger charge is -2.17. The van der Waals surface area contributed by atoms with Gasteiger partial charge in [-0.05, 0) is 43.3 Å². The topological polar surface area (TPSA) is 66.4 Å². The smallest absolute Gasteiger partial charge is 0.316 e. The highest BCUT2D eigenvalue weighted by Gasteiger charge is 2.18. The number of carbonyl (C=O) groups excluding carboxylic acids is 1. The van der Waals surface area contributed by atoms with Gasteiger partial charge in [-0.15, -0.1) is 23.5 Å². The molecule has 2 N–H and O–H groups in total. The zero-order valence-corrected chi connectivity index (χ0v) is 16.9. The highest BCUT2D eigenvalue weighted by molar-refractivity contribution is 8.00. The van der Waals surface area contributed by atoms with Crippen molar-refractivity contribution in [3.63, 3.8) is 0 Å². The third-order valence-electron chi connectivity index (χ3n) is 3.32. The fourth-order valence-electron chi connectivity index (χ4n) is 2.16. The molecule has 4 nitrogen and oxygen atoms in total. The van der Waals surface area contributed by atoms with Crippen molar-refractivity contribution in [1.29, 1.82) is 0 Å². The fraction of sp³-hybridized carbons (Fsp3) is 0.300. The minimum absolute atomic E-state index is 0.127. The number of carboxylic acid groups (broad SMARTS) is 1. The Bertz CT molecular complexity index is 782. The number of hydrogen-bond acceptors (Lipinski definition) is 4. The van der Waals surface area contributed by atoms with Crippen LogP contribution in [-0.4, -0.2) is 27.0 Å². The van der Waals surface area contributed by atoms with E-state index in [-0.39, 0.29) is 10.7 Å². The number of amides is 1. The Labute approximate surface area is 162 Å². The molecular weight excluding hydrogens is 366 g/mol. The van der Waals surface area contributed by atoms with Gasteiger partial charge in [-0.1, -0.05) is 32.9 Å². The lowest BCUT2D eigenvalue weighted by molar-refractivity contribution is -0.136. The van der Waals surface area contributed by atoms with Crippen molar-refractivity contribution in [2.75, 3.05) is 5.32 Å². The molecule has 0 aliphatic heterocycles. The van der Waals surface area contributed by atoms with Gasteiger partial charge in [0.2, 0.25) is 0 Å². The van der Waals surface area contributed by atoms with E-state index in [0.717, 1.165) is 16.7 Å². The summed E-state index contributed by atoms with van der Waals surface area (Å²) in [5, 5.41) is 11.3. The maximum atomic E-state index is 12.6. The predicted octanol–water partition coefficient (Wildman–Crippen LogP) is 5.39. The molecular formula is C20H23NO3S2. The number of thioether (sulfide) groups is 2. The van der Waals surface area contributed by atoms with E-state index in [0.29, 0.717) is 16.1 Å². The summed E-state index contributed by atoms with van der Waals surface area (Å²) in [6.07, 6.45) is 0. The number of hydrogen-bond donors (Lipinski definition) is 2. The van der Waals surface area contributed by atoms with Gasteiger partial charge in [0, 0.05) is 20.2 Å². The minimum Gasteiger partial charge on any atom is -0.480 e. The average molecular weight is 390 g/mol. The molecule has 2 aromatic rings. The molecule has 1 atom stereocenters. The first-order valence-corrected chi connectivity index (χ1v) is 9.94. The number of benzene rings is 2. The second kappa shape index (κ2) is 8.64. The third kappa shape index (κ3) is 6.11. The van der Waals surface area contributed by atoms with E-state index in [9.17, 15) is 9.59 Å². The van der Waals surface area contributed by atoms with Crippen molar-refractivity contribution in [2.24, 2.45) is 0 Å². The summed E-state index contributed by atoms with van der Waals surface area (Å²) >= 11 is 2.93. The number of carbonyl (C=O) groups is 2. The summed E-state index contributed by atoms with van der Waals surface area (Å²) in [6, 6.07) is 14.8. The van der Waals surface area contributed by atoms with Gasteiger partial charge in [0.1, 0.15) is 5.25 Å². The lowest BCUT2D eigenvalue weighted by Crippen LogP contribution is -2.15. The van der Waals surface area contributed by atoms with E-state index < -0.39 is 11.2 Å². The molecule has 0 fully saturated rings. The highest BCUT2D eigenvalue weighted by atomic mass is 32.2. The van der Waals surface area contributed by atoms with Crippen LogP contribution in [0.25, 0.3) is 0 Å². The monoisotopic (exact) mass is 389 g/mol. The first-order valence-electron chi connectivity index (χ1n) is 8.24. The van der Waals surface area contributed by atoms with Crippen LogP contribution in [0, 0.1) is 0 Å². The van der Waals surface area contributed by atoms with Crippen molar-refractivity contribution in [3.05, 3.63) is 54.1 Å². The molecule has 0 saturated heterocycles. The van der Waals surface area contributed by atoms with Crippen LogP contribution in [0.1, 0.15) is 38.1 Å². The molecule has 0 aliphatic rings. The summed E-state index contributed by atoms with van der Waals surface area (Å²) in [4.78, 5) is 25.5. The van der Waals surface area contributed by atoms with Crippen molar-refractivity contribution in [1.82, 2.24) is 0 Å². The number of rotatable bonds is 6. The summed E-state index contributed by atoms with van der Waals surface area (Å²) in [5.41, 5.74) is 1.18. The van der Waals surface area contributed by atoms with Crippen molar-refractivity contribution in [3.8, 4) is 0 Å². The Morgan fingerprint density at radius 3 is 2.23 bits per heavy atom. The van der Waals surface area contributed by atoms with E-state index in [1.165, 1.54) is 0 Å². The highest BCUT2D eigenvalue weighted by Crippen LogP contribution is 2.32. The molecule has 0 saturated carbocycles. The van der Waals surface area contributed by atoms with Gasteiger partial charge < -0.3 is 10.4 Å². The van der Waals surface area contributed by atoms with Crippen LogP contribution in [0.15, 0.2) is 58.3 Å². The Morgan fingerprint density at radius 2 is 1.65 bits per heavy atom. The van der Waals surface area contributed by atoms with Gasteiger partial charge in [-0.25, -0.2) is 0 Å². The largest absolute Gasteiger partial charge is 0.480 e. The summed E-state index contributed by atoms with van der Waals surface area (Å²) in [5.74, 6) is -1.15. The zero-order chi connectivity index (χ0) is 19.3. The van der Waals surface area contributed by atoms with Gasteiger partial charge >= 0.3 is 5.97 Å². The van der Waals surface area contributed by atoms with E-state index in [2.05, 4.69) is 26.1 Å². The number of anilines is 1. The maximum Gasteiger partial charge on any atom is 0.316 e. The molecule has 0 aliphatic carbocycles. The second-order valence-corrected chi connectivity index (χ2v) is 10.1. The summed E-state index contributed by atoms with van der Waals surface area (Å²) in [6.45, 7) is 8.06. The molecule has 2 rings (SSSR count). The van der Waals surface area contributed by atoms with E-state index in [1.54, 1.807) is 43.0 Å². The molecule has 26 heavy (non-hydrogen) atoms. The van der Waals surface area contributed by atoms with E-state index in [1.807, 2.05) is 24.3 Å². The number of nitrogens with one attached hydrogen (secondary N) is 1. The van der Waals surface area contributed by atoms with Crippen LogP contribution in [0.3, 0.4) is 0 Å². The average Bonchev–Trinajstić information content (AvgIpc) is 2.55. The van der Waals surface area contributed by atoms with Crippen LogP contribution >= 0.6 is 23.5 Å². The van der Waals surface area contributed by atoms with Crippen molar-refractivity contribution < 1.29 is 14.7 Å². The SMILES string of the molecule is CC(Sc1ccccc1C(=O)Nc1ccc(SC(C)(C)C)cc1)C(=O)O. The Kier molecular flexibility index (Phi) is 6.78. The molecule has 0 heterocycles. The Morgan fingerprint density at radius 1 is 1.04 bits per heavy atom. The molecule has 1 amide bonds. The molecule has 6 heteroatoms. The molecule has 0 spiro atoms. The second-order valence-electron chi connectivity index (χ2n) is 6.79. The van der Waals surface area contributed by atoms with Crippen LogP contribution < -0.4 is 5.32 Å². The molecule has 138 valence electrons. The van der Waals surface area contributed by atoms with Crippen LogP contribution in [0.4, 0.5) is 5.69 Å². The predicted molar refractivity (Wildman–Crippen MR) is 109 cm³/mol. The van der Waals surface area contributed by atoms with Gasteiger partial charge in [0.25, 0.3) is 5.91 Å². The standard InChI is InChI=1S/C20H23NO3S2/c1-13(19(23)24)25-17-8-6-5-7-16(17)18(22)21-14-9-11-15(12-10-14)26-20(2,3)4/h5-13H,1-4H3,(H,21,22)(H,23,24). The number of aliphatic carboxylic acids is 1. The Balaban J connectivity index is 2.12. The molecule has 2 aromatic carbocycles. The third-order valence-corrected chi connectivity index (χ3v) is 5.60. The number of carboxylic acids is 1. The van der Waals surface area contributed by atoms with Gasteiger partial charge in [0.15, 0.2) is 0 Å². The van der Waals surface area contributed by atoms with E-state index in [4.69, 9.17) is 5.11 Å². The minimum atomic E-state index is -0.905. The normalized spacial score (nSPS) is 12.5. The zero-order valence-electron chi connectivity index (χ0n) is 15.3. The fourth-order valence-corrected chi connectivity index (χ4v) is 4.06. The van der Waals surface area contributed by atoms with E-state index >= 15 is 0 Å². The Hall–Kier alpha value is -1.92. The summed E-state index contributed by atoms with van der Waals surface area (Å²) in [7, 11) is 0. The molecule has 0 bridgehead atoms. The van der Waals surface area contributed by atoms with Gasteiger partial charge in [0.05, 0.1) is 5.56 Å². The van der Waals surface area contributed by atoms with Crippen LogP contribution in [-0.2, 0) is 4.79 Å². The molecule has 1 unspecified atom stereocenters. The lowest BCUT2D eigenvalue weighted by atomic mass is 10.2. The molecule has 0 aromatic heterocycles. The van der Waals surface area contributed by atoms with Crippen LogP contribution in [0.2, 0.25) is 0 Å². The first kappa shape index (κ1) is 20.4. The van der Waals surface area contributed by atoms with Crippen LogP contribution in [0.5, 0.6) is 0 Å². The van der Waals surface area contributed by atoms with Crippen molar-refractivity contribution >= 4 is 41.1 Å². The molecule has 0 radical (unpaired) electrons. The first-order chi connectivity index (χ1) is 12.2. The van der Waals surface area contributed by atoms with Crippen molar-refractivity contribution in [2.45, 2.75) is 47.5 Å². The quantitative estimate of drug-likeness (QED) is 0.648. The summed E-state index contributed by atoms with van der Waals surface area (Å²) < 4.78 is 0.127. The van der Waals surface area contributed by atoms with Gasteiger partial charge in [-0.3, -0.25) is 9.59 Å².